The van der Waals surface area contributed by atoms with Crippen molar-refractivity contribution in [2.45, 2.75) is 70.6 Å². The summed E-state index contributed by atoms with van der Waals surface area (Å²) >= 11 is 1.69. The highest BCUT2D eigenvalue weighted by Gasteiger charge is 2.43. The predicted octanol–water partition coefficient (Wildman–Crippen LogP) is 11.7. The second-order valence-corrected chi connectivity index (χ2v) is 15.8. The number of hydrogen-bond donors (Lipinski definition) is 0. The van der Waals surface area contributed by atoms with Gasteiger partial charge in [0.2, 0.25) is 0 Å². The Morgan fingerprint density at radius 2 is 1.25 bits per heavy atom. The van der Waals surface area contributed by atoms with Crippen LogP contribution in [-0.2, 0) is 51.8 Å². The van der Waals surface area contributed by atoms with Crippen LogP contribution >= 0.6 is 11.3 Å². The van der Waals surface area contributed by atoms with Gasteiger partial charge in [0, 0.05) is 28.0 Å². The van der Waals surface area contributed by atoms with Crippen LogP contribution < -0.4 is 4.74 Å². The Morgan fingerprint density at radius 1 is 0.649 bits per heavy atom. The summed E-state index contributed by atoms with van der Waals surface area (Å²) in [5.74, 6) is 0.511. The van der Waals surface area contributed by atoms with Crippen LogP contribution in [0.15, 0.2) is 158 Å². The standard InChI is InChI=1S/C50H47FO5S/c1-35-24-46(53-31-37-16-8-3-9-17-37)45(28-40(35)26-44-27-41-25-42(51)22-23-48(41)57-44)49-50(55-33-39-20-12-5-13-21-39)47(54-32-38-18-10-4-11-19-38)29-43(56-49)34-52-30-36-14-6-2-7-15-36/h2-25,27-28,43,47,49-50H,26,29-34H2,1H3/t43-,47-,49-,50+/m0/s1. The molecular formula is C50H47FO5S. The third-order valence-electron chi connectivity index (χ3n) is 10.4. The Balaban J connectivity index is 1.17. The maximum atomic E-state index is 14.2. The topological polar surface area (TPSA) is 46.2 Å². The van der Waals surface area contributed by atoms with E-state index in [1.807, 2.05) is 78.9 Å². The van der Waals surface area contributed by atoms with Gasteiger partial charge < -0.3 is 23.7 Å². The molecule has 1 fully saturated rings. The fourth-order valence-corrected chi connectivity index (χ4v) is 8.50. The number of halogens is 1. The van der Waals surface area contributed by atoms with E-state index in [0.717, 1.165) is 59.7 Å². The van der Waals surface area contributed by atoms with Gasteiger partial charge in [-0.1, -0.05) is 121 Å². The maximum Gasteiger partial charge on any atom is 0.126 e. The van der Waals surface area contributed by atoms with Crippen LogP contribution in [-0.4, -0.2) is 24.9 Å². The van der Waals surface area contributed by atoms with Gasteiger partial charge in [0.05, 0.1) is 38.6 Å². The summed E-state index contributed by atoms with van der Waals surface area (Å²) in [7, 11) is 0. The van der Waals surface area contributed by atoms with E-state index in [0.29, 0.717) is 45.9 Å². The fraction of sp³-hybridized carbons (Fsp3) is 0.240. The van der Waals surface area contributed by atoms with Gasteiger partial charge in [-0.2, -0.15) is 0 Å². The summed E-state index contributed by atoms with van der Waals surface area (Å²) < 4.78 is 49.2. The van der Waals surface area contributed by atoms with Gasteiger partial charge in [-0.3, -0.25) is 0 Å². The normalized spacial score (nSPS) is 18.1. The van der Waals surface area contributed by atoms with Gasteiger partial charge >= 0.3 is 0 Å². The van der Waals surface area contributed by atoms with Crippen molar-refractivity contribution < 1.29 is 28.1 Å². The molecule has 0 unspecified atom stereocenters. The summed E-state index contributed by atoms with van der Waals surface area (Å²) in [6, 6.07) is 52.3. The van der Waals surface area contributed by atoms with E-state index < -0.39 is 12.2 Å². The molecule has 0 bridgehead atoms. The molecule has 0 amide bonds. The number of fused-ring (bicyclic) bond motifs is 1. The lowest BCUT2D eigenvalue weighted by Crippen LogP contribution is -2.47. The predicted molar refractivity (Wildman–Crippen MR) is 225 cm³/mol. The minimum Gasteiger partial charge on any atom is -0.489 e. The maximum absolute atomic E-state index is 14.2. The number of hydrogen-bond acceptors (Lipinski definition) is 6. The SMILES string of the molecule is Cc1cc(OCc2ccccc2)c([C@@H]2O[C@H](COCc3ccccc3)C[C@H](OCc3ccccc3)[C@H]2OCc2ccccc2)cc1Cc1cc2cc(F)ccc2s1. The smallest absolute Gasteiger partial charge is 0.126 e. The number of ether oxygens (including phenoxy) is 5. The molecule has 0 radical (unpaired) electrons. The fourth-order valence-electron chi connectivity index (χ4n) is 7.43. The summed E-state index contributed by atoms with van der Waals surface area (Å²) in [5, 5.41) is 0.914. The Bertz CT molecular complexity index is 2320. The van der Waals surface area contributed by atoms with Crippen molar-refractivity contribution in [2.75, 3.05) is 6.61 Å². The molecule has 8 rings (SSSR count). The lowest BCUT2D eigenvalue weighted by atomic mass is 9.89. The van der Waals surface area contributed by atoms with E-state index in [2.05, 4.69) is 73.7 Å². The van der Waals surface area contributed by atoms with Crippen molar-refractivity contribution in [1.82, 2.24) is 0 Å². The lowest BCUT2D eigenvalue weighted by Gasteiger charge is -2.42. The van der Waals surface area contributed by atoms with Crippen molar-refractivity contribution in [1.29, 1.82) is 0 Å². The summed E-state index contributed by atoms with van der Waals surface area (Å²) in [6.45, 7) is 4.22. The molecule has 290 valence electrons. The summed E-state index contributed by atoms with van der Waals surface area (Å²) in [5.41, 5.74) is 7.47. The molecule has 0 spiro atoms. The molecule has 1 aromatic heterocycles. The van der Waals surface area contributed by atoms with E-state index in [-0.39, 0.29) is 18.0 Å². The van der Waals surface area contributed by atoms with Crippen LogP contribution in [0.3, 0.4) is 0 Å². The van der Waals surface area contributed by atoms with Crippen molar-refractivity contribution in [2.24, 2.45) is 0 Å². The van der Waals surface area contributed by atoms with Crippen molar-refractivity contribution in [3.63, 3.8) is 0 Å². The molecule has 0 aliphatic carbocycles. The highest BCUT2D eigenvalue weighted by atomic mass is 32.1. The highest BCUT2D eigenvalue weighted by molar-refractivity contribution is 7.19. The Labute approximate surface area is 338 Å². The van der Waals surface area contributed by atoms with Gasteiger partial charge in [0.1, 0.15) is 30.4 Å². The molecule has 1 saturated heterocycles. The third-order valence-corrected chi connectivity index (χ3v) is 11.5. The number of thiophene rings is 1. The molecule has 57 heavy (non-hydrogen) atoms. The lowest BCUT2D eigenvalue weighted by molar-refractivity contribution is -0.219. The van der Waals surface area contributed by atoms with E-state index in [1.54, 1.807) is 17.4 Å². The quantitative estimate of drug-likeness (QED) is 0.0978. The number of aryl methyl sites for hydroxylation is 1. The van der Waals surface area contributed by atoms with Crippen molar-refractivity contribution in [3.8, 4) is 5.75 Å². The number of benzene rings is 6. The highest BCUT2D eigenvalue weighted by Crippen LogP contribution is 2.42. The molecule has 7 aromatic rings. The zero-order chi connectivity index (χ0) is 38.8. The minimum atomic E-state index is -0.546. The molecule has 0 N–H and O–H groups in total. The van der Waals surface area contributed by atoms with E-state index in [4.69, 9.17) is 23.7 Å². The van der Waals surface area contributed by atoms with E-state index in [9.17, 15) is 4.39 Å². The molecule has 1 aliphatic rings. The van der Waals surface area contributed by atoms with Crippen LogP contribution in [0.4, 0.5) is 4.39 Å². The minimum absolute atomic E-state index is 0.229. The Kier molecular flexibility index (Phi) is 12.8. The second-order valence-electron chi connectivity index (χ2n) is 14.7. The zero-order valence-electron chi connectivity index (χ0n) is 32.1. The molecular weight excluding hydrogens is 732 g/mol. The van der Waals surface area contributed by atoms with Gasteiger partial charge in [-0.25, -0.2) is 4.39 Å². The van der Waals surface area contributed by atoms with Gasteiger partial charge in [0.25, 0.3) is 0 Å². The van der Waals surface area contributed by atoms with Crippen LogP contribution in [0.25, 0.3) is 10.1 Å². The molecule has 4 atom stereocenters. The Hall–Kier alpha value is -5.15. The first-order valence-corrected chi connectivity index (χ1v) is 20.4. The molecule has 2 heterocycles. The van der Waals surface area contributed by atoms with Gasteiger partial charge in [-0.15, -0.1) is 11.3 Å². The molecule has 0 saturated carbocycles. The zero-order valence-corrected chi connectivity index (χ0v) is 32.9. The third kappa shape index (κ3) is 10.2. The van der Waals surface area contributed by atoms with Gasteiger partial charge in [-0.05, 0) is 82.1 Å². The second kappa shape index (κ2) is 18.9. The van der Waals surface area contributed by atoms with Crippen molar-refractivity contribution in [3.05, 3.63) is 207 Å². The monoisotopic (exact) mass is 778 g/mol. The average Bonchev–Trinajstić information content (AvgIpc) is 3.65. The van der Waals surface area contributed by atoms with Crippen LogP contribution in [0, 0.1) is 12.7 Å². The first-order chi connectivity index (χ1) is 28.0. The number of rotatable bonds is 16. The summed E-state index contributed by atoms with van der Waals surface area (Å²) in [6.07, 6.45) is -0.341. The first kappa shape index (κ1) is 38.7. The molecule has 6 aromatic carbocycles. The van der Waals surface area contributed by atoms with Crippen LogP contribution in [0.2, 0.25) is 0 Å². The van der Waals surface area contributed by atoms with Crippen LogP contribution in [0.1, 0.15) is 56.3 Å². The van der Waals surface area contributed by atoms with E-state index in [1.165, 1.54) is 6.07 Å². The van der Waals surface area contributed by atoms with Crippen molar-refractivity contribution >= 4 is 21.4 Å². The molecule has 5 nitrogen and oxygen atoms in total. The summed E-state index contributed by atoms with van der Waals surface area (Å²) in [4.78, 5) is 1.15. The largest absolute Gasteiger partial charge is 0.489 e. The van der Waals surface area contributed by atoms with E-state index >= 15 is 0 Å². The molecule has 1 aliphatic heterocycles. The van der Waals surface area contributed by atoms with Gasteiger partial charge in [0.15, 0.2) is 0 Å². The van der Waals surface area contributed by atoms with Crippen LogP contribution in [0.5, 0.6) is 5.75 Å². The first-order valence-electron chi connectivity index (χ1n) is 19.6. The molecule has 7 heteroatoms. The Morgan fingerprint density at radius 3 is 1.89 bits per heavy atom. The average molecular weight is 779 g/mol.